The fourth-order valence-electron chi connectivity index (χ4n) is 7.75. The standard InChI is InChI=1S/C38H49F2N7O4/c1-26-17-27(2)47(43-26)34-19-30(18-33(21-34)45-12-14-46(15-13-45)35(49)5-3-4-16-48)31(20-36(50)51)24-44-11-10-28(23-44)6-8-32-9-7-29-22-38(39,40)25-41-37(29)42-32/h7,9,16-19,21,28,31H,3-6,8,10-15,20,22-25H2,1-2H3,(H,41,42)(H,50,51). The van der Waals surface area contributed by atoms with Crippen LogP contribution in [0.1, 0.15) is 72.7 Å². The van der Waals surface area contributed by atoms with Gasteiger partial charge in [0, 0.05) is 87.1 Å². The van der Waals surface area contributed by atoms with Crippen molar-refractivity contribution < 1.29 is 28.3 Å². The number of hydrogen-bond donors (Lipinski definition) is 2. The number of carbonyl (C=O) groups excluding carboxylic acids is 2. The third kappa shape index (κ3) is 9.29. The van der Waals surface area contributed by atoms with Crippen LogP contribution in [0.3, 0.4) is 0 Å². The Labute approximate surface area is 298 Å². The zero-order valence-electron chi connectivity index (χ0n) is 29.6. The number of aliphatic carboxylic acids is 1. The smallest absolute Gasteiger partial charge is 0.304 e. The number of aromatic nitrogens is 3. The van der Waals surface area contributed by atoms with E-state index in [0.717, 1.165) is 72.7 Å². The molecule has 2 atom stereocenters. The molecule has 2 N–H and O–H groups in total. The molecular weight excluding hydrogens is 656 g/mol. The number of hydrogen-bond acceptors (Lipinski definition) is 8. The summed E-state index contributed by atoms with van der Waals surface area (Å²) in [6.07, 6.45) is 4.57. The van der Waals surface area contributed by atoms with Gasteiger partial charge in [-0.2, -0.15) is 5.10 Å². The number of carboxylic acids is 1. The van der Waals surface area contributed by atoms with Crippen LogP contribution in [0.2, 0.25) is 0 Å². The van der Waals surface area contributed by atoms with Crippen LogP contribution < -0.4 is 10.2 Å². The largest absolute Gasteiger partial charge is 0.481 e. The summed E-state index contributed by atoms with van der Waals surface area (Å²) in [7, 11) is 0. The molecule has 51 heavy (non-hydrogen) atoms. The molecular formula is C38H49F2N7O4. The summed E-state index contributed by atoms with van der Waals surface area (Å²) >= 11 is 0. The molecule has 11 nitrogen and oxygen atoms in total. The number of alkyl halides is 2. The quantitative estimate of drug-likeness (QED) is 0.176. The van der Waals surface area contributed by atoms with Gasteiger partial charge in [0.25, 0.3) is 5.92 Å². The molecule has 3 aromatic rings. The van der Waals surface area contributed by atoms with Crippen molar-refractivity contribution in [2.75, 3.05) is 62.6 Å². The van der Waals surface area contributed by atoms with Gasteiger partial charge in [-0.15, -0.1) is 0 Å². The van der Waals surface area contributed by atoms with E-state index < -0.39 is 11.9 Å². The van der Waals surface area contributed by atoms with E-state index in [-0.39, 0.29) is 31.2 Å². The van der Waals surface area contributed by atoms with Crippen molar-refractivity contribution in [2.24, 2.45) is 5.92 Å². The summed E-state index contributed by atoms with van der Waals surface area (Å²) in [5.41, 5.74) is 6.14. The number of likely N-dealkylation sites (tertiary alicyclic amines) is 1. The van der Waals surface area contributed by atoms with Crippen molar-refractivity contribution in [3.8, 4) is 5.69 Å². The van der Waals surface area contributed by atoms with Crippen LogP contribution in [-0.2, 0) is 27.2 Å². The first kappa shape index (κ1) is 36.4. The zero-order valence-corrected chi connectivity index (χ0v) is 29.6. The minimum atomic E-state index is -2.75. The Morgan fingerprint density at radius 1 is 1.08 bits per heavy atom. The Bertz CT molecular complexity index is 1720. The highest BCUT2D eigenvalue weighted by molar-refractivity contribution is 5.77. The molecule has 0 saturated carbocycles. The molecule has 13 heteroatoms. The molecule has 5 heterocycles. The lowest BCUT2D eigenvalue weighted by Crippen LogP contribution is -2.48. The van der Waals surface area contributed by atoms with E-state index >= 15 is 0 Å². The summed E-state index contributed by atoms with van der Waals surface area (Å²) in [6, 6.07) is 11.9. The van der Waals surface area contributed by atoms with E-state index in [1.54, 1.807) is 6.07 Å². The first-order valence-electron chi connectivity index (χ1n) is 18.2. The van der Waals surface area contributed by atoms with Crippen LogP contribution >= 0.6 is 0 Å². The summed E-state index contributed by atoms with van der Waals surface area (Å²) in [6.45, 7) is 8.39. The van der Waals surface area contributed by atoms with Crippen LogP contribution in [0.15, 0.2) is 36.4 Å². The van der Waals surface area contributed by atoms with Gasteiger partial charge >= 0.3 is 5.97 Å². The van der Waals surface area contributed by atoms with Gasteiger partial charge in [0.15, 0.2) is 0 Å². The third-order valence-corrected chi connectivity index (χ3v) is 10.4. The van der Waals surface area contributed by atoms with Crippen LogP contribution in [-0.4, -0.2) is 106 Å². The van der Waals surface area contributed by atoms with Crippen LogP contribution in [0.5, 0.6) is 0 Å². The van der Waals surface area contributed by atoms with Gasteiger partial charge in [0.1, 0.15) is 12.1 Å². The molecule has 3 aliphatic rings. The second-order valence-corrected chi connectivity index (χ2v) is 14.5. The van der Waals surface area contributed by atoms with Crippen molar-refractivity contribution in [3.63, 3.8) is 0 Å². The van der Waals surface area contributed by atoms with E-state index in [1.807, 2.05) is 35.6 Å². The fraction of sp³-hybridized carbons (Fsp3) is 0.553. The number of rotatable bonds is 14. The molecule has 2 fully saturated rings. The lowest BCUT2D eigenvalue weighted by Gasteiger charge is -2.37. The predicted octanol–water partition coefficient (Wildman–Crippen LogP) is 5.02. The molecule has 2 unspecified atom stereocenters. The molecule has 274 valence electrons. The average Bonchev–Trinajstić information content (AvgIpc) is 3.70. The molecule has 1 amide bonds. The van der Waals surface area contributed by atoms with Crippen molar-refractivity contribution in [1.29, 1.82) is 0 Å². The average molecular weight is 706 g/mol. The third-order valence-electron chi connectivity index (χ3n) is 10.4. The van der Waals surface area contributed by atoms with E-state index in [4.69, 9.17) is 5.10 Å². The van der Waals surface area contributed by atoms with E-state index in [2.05, 4.69) is 38.3 Å². The summed E-state index contributed by atoms with van der Waals surface area (Å²) in [4.78, 5) is 46.8. The molecule has 2 aromatic heterocycles. The number of anilines is 2. The number of unbranched alkanes of at least 4 members (excludes halogenated alkanes) is 1. The SMILES string of the molecule is Cc1cc(C)n(-c2cc(C(CC(=O)O)CN3CCC(CCc4ccc5c(n4)NCC(F)(F)C5)C3)cc(N3CCN(C(=O)CCCC=O)CC3)c2)n1. The minimum absolute atomic E-state index is 0.00463. The van der Waals surface area contributed by atoms with Gasteiger partial charge in [0.05, 0.1) is 24.3 Å². The van der Waals surface area contributed by atoms with Crippen molar-refractivity contribution in [3.05, 3.63) is 64.6 Å². The number of amides is 1. The highest BCUT2D eigenvalue weighted by Gasteiger charge is 2.35. The molecule has 0 aliphatic carbocycles. The van der Waals surface area contributed by atoms with Gasteiger partial charge < -0.3 is 29.9 Å². The van der Waals surface area contributed by atoms with E-state index in [0.29, 0.717) is 69.3 Å². The summed E-state index contributed by atoms with van der Waals surface area (Å²) < 4.78 is 29.5. The number of benzene rings is 1. The van der Waals surface area contributed by atoms with Crippen LogP contribution in [0.25, 0.3) is 5.69 Å². The Kier molecular flexibility index (Phi) is 11.3. The number of pyridine rings is 1. The fourth-order valence-corrected chi connectivity index (χ4v) is 7.75. The topological polar surface area (TPSA) is 124 Å². The van der Waals surface area contributed by atoms with Gasteiger partial charge in [-0.1, -0.05) is 6.07 Å². The number of aryl methyl sites for hydroxylation is 3. The Balaban J connectivity index is 1.15. The number of nitrogens with zero attached hydrogens (tertiary/aromatic N) is 6. The second-order valence-electron chi connectivity index (χ2n) is 14.5. The summed E-state index contributed by atoms with van der Waals surface area (Å²) in [5.74, 6) is -2.78. The minimum Gasteiger partial charge on any atom is -0.481 e. The molecule has 6 rings (SSSR count). The Hall–Kier alpha value is -4.39. The van der Waals surface area contributed by atoms with Crippen molar-refractivity contribution >= 4 is 29.7 Å². The number of carboxylic acid groups (broad SMARTS) is 1. The Morgan fingerprint density at radius 2 is 1.86 bits per heavy atom. The lowest BCUT2D eigenvalue weighted by atomic mass is 9.93. The molecule has 0 bridgehead atoms. The normalized spacial score (nSPS) is 19.4. The zero-order chi connectivity index (χ0) is 36.1. The number of carbonyl (C=O) groups is 3. The highest BCUT2D eigenvalue weighted by atomic mass is 19.3. The van der Waals surface area contributed by atoms with Crippen LogP contribution in [0, 0.1) is 19.8 Å². The van der Waals surface area contributed by atoms with Gasteiger partial charge in [-0.3, -0.25) is 9.59 Å². The predicted molar refractivity (Wildman–Crippen MR) is 191 cm³/mol. The van der Waals surface area contributed by atoms with Crippen molar-refractivity contribution in [1.82, 2.24) is 24.6 Å². The van der Waals surface area contributed by atoms with Crippen LogP contribution in [0.4, 0.5) is 20.3 Å². The maximum atomic E-state index is 13.8. The number of halogens is 2. The van der Waals surface area contributed by atoms with Gasteiger partial charge in [0.2, 0.25) is 5.91 Å². The molecule has 0 radical (unpaired) electrons. The number of fused-ring (bicyclic) bond motifs is 1. The maximum Gasteiger partial charge on any atom is 0.304 e. The second kappa shape index (κ2) is 15.9. The first-order chi connectivity index (χ1) is 24.5. The molecule has 2 saturated heterocycles. The molecule has 1 aromatic carbocycles. The summed E-state index contributed by atoms with van der Waals surface area (Å²) in [5, 5.41) is 17.6. The first-order valence-corrected chi connectivity index (χ1v) is 18.2. The van der Waals surface area contributed by atoms with Crippen molar-refractivity contribution in [2.45, 2.75) is 77.1 Å². The number of piperazine rings is 1. The molecule has 0 spiro atoms. The number of aldehydes is 1. The lowest BCUT2D eigenvalue weighted by molar-refractivity contribution is -0.137. The monoisotopic (exact) mass is 705 g/mol. The maximum absolute atomic E-state index is 13.8. The van der Waals surface area contributed by atoms with Gasteiger partial charge in [-0.05, 0) is 87.9 Å². The highest BCUT2D eigenvalue weighted by Crippen LogP contribution is 2.33. The van der Waals surface area contributed by atoms with E-state index in [1.165, 1.54) is 0 Å². The van der Waals surface area contributed by atoms with E-state index in [9.17, 15) is 28.3 Å². The molecule has 3 aliphatic heterocycles. The Morgan fingerprint density at radius 3 is 2.59 bits per heavy atom. The number of nitrogens with one attached hydrogen (secondary N) is 1. The van der Waals surface area contributed by atoms with Gasteiger partial charge in [-0.25, -0.2) is 18.4 Å².